The Bertz CT molecular complexity index is 1650. The van der Waals surface area contributed by atoms with Crippen molar-refractivity contribution in [3.05, 3.63) is 76.3 Å². The van der Waals surface area contributed by atoms with Crippen LogP contribution in [0.25, 0.3) is 11.6 Å². The number of anilines is 1. The summed E-state index contributed by atoms with van der Waals surface area (Å²) >= 11 is 0. The molecule has 1 aliphatic heterocycles. The summed E-state index contributed by atoms with van der Waals surface area (Å²) in [6, 6.07) is 6.62. The standard InChI is InChI=1S/C32H40FN4O9P/c1-19-24(20(2)35-28(19)16-26-25-14-22(33)8-10-27(25)37-31(26)40)9-11-30(39)36-29(15-23-7-5-13-45-23)32(41)34-12-4-3-6-21(17-38)18-46-47(42,43)44/h5,7-8,10,13-14,16,21,29,35,38H,3-4,6,9,11-12,15,17-18H2,1-2H3,(H,34,41)(H,36,39)(H,37,40)(H2,42,43,44). The monoisotopic (exact) mass is 674 g/mol. The minimum Gasteiger partial charge on any atom is -0.469 e. The molecule has 4 rings (SSSR count). The molecule has 0 saturated heterocycles. The molecule has 1 aromatic carbocycles. The molecule has 0 fully saturated rings. The van der Waals surface area contributed by atoms with Crippen LogP contribution in [-0.4, -0.2) is 63.4 Å². The van der Waals surface area contributed by atoms with Gasteiger partial charge in [0.15, 0.2) is 0 Å². The number of unbranched alkanes of at least 4 members (excludes halogenated alkanes) is 1. The number of aliphatic hydroxyl groups is 1. The summed E-state index contributed by atoms with van der Waals surface area (Å²) in [6.07, 6.45) is 5.29. The Morgan fingerprint density at radius 2 is 1.98 bits per heavy atom. The van der Waals surface area contributed by atoms with Crippen LogP contribution in [0.5, 0.6) is 0 Å². The number of nitrogens with one attached hydrogen (secondary N) is 4. The first-order valence-corrected chi connectivity index (χ1v) is 16.8. The van der Waals surface area contributed by atoms with Gasteiger partial charge in [0.05, 0.1) is 18.4 Å². The lowest BCUT2D eigenvalue weighted by Gasteiger charge is -2.18. The van der Waals surface area contributed by atoms with Gasteiger partial charge in [-0.3, -0.25) is 18.9 Å². The number of aromatic amines is 1. The number of carbonyl (C=O) groups excluding carboxylic acids is 3. The van der Waals surface area contributed by atoms with E-state index in [0.717, 1.165) is 16.8 Å². The summed E-state index contributed by atoms with van der Waals surface area (Å²) in [5.41, 5.74) is 4.59. The summed E-state index contributed by atoms with van der Waals surface area (Å²) < 4.78 is 34.6. The van der Waals surface area contributed by atoms with Crippen LogP contribution < -0.4 is 16.0 Å². The van der Waals surface area contributed by atoms with Gasteiger partial charge in [-0.1, -0.05) is 6.42 Å². The van der Waals surface area contributed by atoms with Gasteiger partial charge >= 0.3 is 7.82 Å². The maximum atomic E-state index is 13.9. The molecule has 1 aliphatic rings. The third-order valence-corrected chi connectivity index (χ3v) is 8.48. The average Bonchev–Trinajstić information content (AvgIpc) is 3.70. The van der Waals surface area contributed by atoms with Crippen molar-refractivity contribution in [1.82, 2.24) is 15.6 Å². The number of rotatable bonds is 17. The van der Waals surface area contributed by atoms with Crippen molar-refractivity contribution in [2.75, 3.05) is 25.1 Å². The summed E-state index contributed by atoms with van der Waals surface area (Å²) in [4.78, 5) is 59.7. The molecule has 13 nitrogen and oxygen atoms in total. The van der Waals surface area contributed by atoms with Gasteiger partial charge in [0.25, 0.3) is 5.91 Å². The number of aliphatic hydroxyl groups excluding tert-OH is 1. The third-order valence-electron chi connectivity index (χ3n) is 8.00. The summed E-state index contributed by atoms with van der Waals surface area (Å²) in [5.74, 6) is -1.45. The van der Waals surface area contributed by atoms with Gasteiger partial charge in [-0.05, 0) is 80.6 Å². The van der Waals surface area contributed by atoms with E-state index in [4.69, 9.17) is 14.2 Å². The number of halogens is 1. The summed E-state index contributed by atoms with van der Waals surface area (Å²) in [7, 11) is -4.62. The molecule has 7 N–H and O–H groups in total. The largest absolute Gasteiger partial charge is 0.469 e. The first-order valence-electron chi connectivity index (χ1n) is 15.3. The number of fused-ring (bicyclic) bond motifs is 1. The number of carbonyl (C=O) groups is 3. The number of H-pyrrole nitrogens is 1. The minimum absolute atomic E-state index is 0.0885. The van der Waals surface area contributed by atoms with Gasteiger partial charge in [0.2, 0.25) is 11.8 Å². The van der Waals surface area contributed by atoms with E-state index < -0.39 is 31.5 Å². The van der Waals surface area contributed by atoms with Crippen LogP contribution in [0, 0.1) is 25.6 Å². The van der Waals surface area contributed by atoms with Crippen molar-refractivity contribution in [2.45, 2.75) is 58.4 Å². The van der Waals surface area contributed by atoms with Crippen molar-refractivity contribution in [1.29, 1.82) is 0 Å². The van der Waals surface area contributed by atoms with Crippen molar-refractivity contribution in [3.63, 3.8) is 0 Å². The quantitative estimate of drug-likeness (QED) is 0.0635. The first kappa shape index (κ1) is 35.8. The van der Waals surface area contributed by atoms with Gasteiger partial charge in [0.1, 0.15) is 17.6 Å². The van der Waals surface area contributed by atoms with Crippen LogP contribution in [-0.2, 0) is 36.3 Å². The topological polar surface area (TPSA) is 203 Å². The fourth-order valence-electron chi connectivity index (χ4n) is 5.45. The Kier molecular flexibility index (Phi) is 12.3. The Labute approximate surface area is 271 Å². The molecule has 15 heteroatoms. The van der Waals surface area contributed by atoms with Crippen molar-refractivity contribution >= 4 is 42.9 Å². The van der Waals surface area contributed by atoms with Gasteiger partial charge in [-0.25, -0.2) is 8.96 Å². The van der Waals surface area contributed by atoms with Crippen LogP contribution in [0.2, 0.25) is 0 Å². The number of aryl methyl sites for hydroxylation is 1. The van der Waals surface area contributed by atoms with E-state index in [1.807, 2.05) is 13.8 Å². The lowest BCUT2D eigenvalue weighted by molar-refractivity contribution is -0.129. The molecule has 0 saturated carbocycles. The third kappa shape index (κ3) is 10.2. The fraction of sp³-hybridized carbons (Fsp3) is 0.406. The molecule has 0 bridgehead atoms. The van der Waals surface area contributed by atoms with Crippen LogP contribution in [0.15, 0.2) is 41.0 Å². The zero-order valence-electron chi connectivity index (χ0n) is 26.2. The van der Waals surface area contributed by atoms with E-state index in [-0.39, 0.29) is 44.4 Å². The van der Waals surface area contributed by atoms with E-state index in [9.17, 15) is 28.4 Å². The predicted octanol–water partition coefficient (Wildman–Crippen LogP) is 3.52. The highest BCUT2D eigenvalue weighted by atomic mass is 31.2. The van der Waals surface area contributed by atoms with Crippen LogP contribution in [0.4, 0.5) is 10.1 Å². The van der Waals surface area contributed by atoms with Crippen molar-refractivity contribution < 1.29 is 47.2 Å². The maximum Gasteiger partial charge on any atom is 0.469 e. The Morgan fingerprint density at radius 3 is 2.68 bits per heavy atom. The van der Waals surface area contributed by atoms with Crippen LogP contribution >= 0.6 is 7.82 Å². The molecule has 2 unspecified atom stereocenters. The molecule has 3 heterocycles. The van der Waals surface area contributed by atoms with E-state index in [1.54, 1.807) is 18.2 Å². The second kappa shape index (κ2) is 16.2. The molecule has 2 aromatic heterocycles. The molecular weight excluding hydrogens is 634 g/mol. The molecule has 0 spiro atoms. The Balaban J connectivity index is 1.32. The predicted molar refractivity (Wildman–Crippen MR) is 171 cm³/mol. The molecular formula is C32H40FN4O9P. The molecule has 3 amide bonds. The second-order valence-electron chi connectivity index (χ2n) is 11.5. The second-order valence-corrected chi connectivity index (χ2v) is 12.7. The lowest BCUT2D eigenvalue weighted by Crippen LogP contribution is -2.48. The minimum atomic E-state index is -4.62. The number of phosphoric ester groups is 1. The van der Waals surface area contributed by atoms with Crippen molar-refractivity contribution in [3.8, 4) is 0 Å². The maximum absolute atomic E-state index is 13.9. The van der Waals surface area contributed by atoms with Crippen LogP contribution in [0.3, 0.4) is 0 Å². The summed E-state index contributed by atoms with van der Waals surface area (Å²) in [6.45, 7) is 3.46. The Morgan fingerprint density at radius 1 is 1.19 bits per heavy atom. The molecule has 254 valence electrons. The highest BCUT2D eigenvalue weighted by Crippen LogP contribution is 2.37. The highest BCUT2D eigenvalue weighted by molar-refractivity contribution is 7.46. The Hall–Kier alpha value is -4.07. The number of aromatic nitrogens is 1. The molecule has 0 aliphatic carbocycles. The van der Waals surface area contributed by atoms with Gasteiger partial charge < -0.3 is 40.2 Å². The number of phosphoric acid groups is 1. The zero-order chi connectivity index (χ0) is 34.1. The SMILES string of the molecule is Cc1[nH]c(C=C2C(=O)Nc3ccc(F)cc32)c(C)c1CCC(=O)NC(Cc1ccco1)C(=O)NCCCCC(CO)COP(=O)(O)O. The lowest BCUT2D eigenvalue weighted by atomic mass is 10.0. The molecule has 2 atom stereocenters. The van der Waals surface area contributed by atoms with E-state index >= 15 is 0 Å². The molecule has 47 heavy (non-hydrogen) atoms. The molecule has 3 aromatic rings. The smallest absolute Gasteiger partial charge is 0.469 e. The van der Waals surface area contributed by atoms with Crippen LogP contribution in [0.1, 0.15) is 59.5 Å². The number of benzene rings is 1. The van der Waals surface area contributed by atoms with Gasteiger partial charge in [-0.15, -0.1) is 0 Å². The zero-order valence-corrected chi connectivity index (χ0v) is 27.1. The van der Waals surface area contributed by atoms with Gasteiger partial charge in [0, 0.05) is 54.5 Å². The van der Waals surface area contributed by atoms with Gasteiger partial charge in [-0.2, -0.15) is 0 Å². The number of amides is 3. The number of hydrogen-bond donors (Lipinski definition) is 7. The summed E-state index contributed by atoms with van der Waals surface area (Å²) in [5, 5.41) is 17.8. The van der Waals surface area contributed by atoms with E-state index in [0.29, 0.717) is 54.0 Å². The fourth-order valence-corrected chi connectivity index (χ4v) is 5.85. The van der Waals surface area contributed by atoms with E-state index in [1.165, 1.54) is 24.5 Å². The molecule has 0 radical (unpaired) electrons. The highest BCUT2D eigenvalue weighted by Gasteiger charge is 2.26. The van der Waals surface area contributed by atoms with Crippen molar-refractivity contribution in [2.24, 2.45) is 5.92 Å². The normalized spacial score (nSPS) is 14.9. The average molecular weight is 675 g/mol. The van der Waals surface area contributed by atoms with E-state index in [2.05, 4.69) is 25.5 Å². The number of furan rings is 1. The number of hydrogen-bond acceptors (Lipinski definition) is 7. The first-order chi connectivity index (χ1) is 22.3.